The van der Waals surface area contributed by atoms with Gasteiger partial charge in [0, 0.05) is 22.7 Å². The Morgan fingerprint density at radius 2 is 1.68 bits per heavy atom. The number of hydrogen-bond acceptors (Lipinski definition) is 6. The van der Waals surface area contributed by atoms with Crippen LogP contribution in [-0.4, -0.2) is 34.6 Å². The molecule has 9 nitrogen and oxygen atoms in total. The largest absolute Gasteiger partial charge is 0.505 e. The van der Waals surface area contributed by atoms with Gasteiger partial charge in [0.2, 0.25) is 0 Å². The van der Waals surface area contributed by atoms with Crippen LogP contribution in [0.15, 0.2) is 84.0 Å². The number of carbonyl (C=O) groups is 1. The Kier molecular flexibility index (Phi) is 6.10. The zero-order valence-electron chi connectivity index (χ0n) is 17.4. The summed E-state index contributed by atoms with van der Waals surface area (Å²) in [7, 11) is -3.84. The average Bonchev–Trinajstić information content (AvgIpc) is 3.27. The molecule has 0 fully saturated rings. The lowest BCUT2D eigenvalue weighted by atomic mass is 10.1. The molecule has 0 radical (unpaired) electrons. The Bertz CT molecular complexity index is 1620. The molecule has 0 saturated carbocycles. The predicted molar refractivity (Wildman–Crippen MR) is 132 cm³/mol. The maximum atomic E-state index is 12.7. The minimum atomic E-state index is -3.84. The number of phenolic OH excluding ortho intramolecular Hbond substituents is 1. The predicted octanol–water partition coefficient (Wildman–Crippen LogP) is 4.29. The molecule has 34 heavy (non-hydrogen) atoms. The molecule has 4 N–H and O–H groups in total. The standard InChI is InChI=1S/C23H17N5O4S.ClH/c29-22-19(10-4-14-2-1-11-24-21(14)22)23(30)26-16-6-8-18(9-7-16)33(31,32)28-17-5-3-15-13-25-27-20(15)12-17;/h1-13,28-29H,(H,25,27)(H,26,30);1H. The van der Waals surface area contributed by atoms with E-state index in [4.69, 9.17) is 0 Å². The molecular weight excluding hydrogens is 478 g/mol. The van der Waals surface area contributed by atoms with Crippen molar-refractivity contribution in [3.8, 4) is 5.75 Å². The van der Waals surface area contributed by atoms with E-state index in [0.717, 1.165) is 5.39 Å². The molecule has 11 heteroatoms. The van der Waals surface area contributed by atoms with Gasteiger partial charge >= 0.3 is 0 Å². The summed E-state index contributed by atoms with van der Waals surface area (Å²) in [5, 5.41) is 21.4. The molecule has 0 bridgehead atoms. The number of hydrogen-bond donors (Lipinski definition) is 4. The van der Waals surface area contributed by atoms with Crippen molar-refractivity contribution in [3.05, 3.63) is 84.7 Å². The van der Waals surface area contributed by atoms with E-state index in [1.54, 1.807) is 42.6 Å². The van der Waals surface area contributed by atoms with E-state index in [1.165, 1.54) is 36.5 Å². The molecule has 0 spiro atoms. The first-order chi connectivity index (χ1) is 15.9. The summed E-state index contributed by atoms with van der Waals surface area (Å²) in [4.78, 5) is 16.8. The average molecular weight is 496 g/mol. The van der Waals surface area contributed by atoms with Crippen molar-refractivity contribution in [2.45, 2.75) is 4.90 Å². The van der Waals surface area contributed by atoms with Gasteiger partial charge in [-0.05, 0) is 54.6 Å². The van der Waals surface area contributed by atoms with E-state index in [-0.39, 0.29) is 28.6 Å². The number of halogens is 1. The summed E-state index contributed by atoms with van der Waals surface area (Å²) in [6, 6.07) is 17.5. The Morgan fingerprint density at radius 1 is 0.941 bits per heavy atom. The molecule has 0 aliphatic carbocycles. The zero-order chi connectivity index (χ0) is 23.0. The smallest absolute Gasteiger partial charge is 0.261 e. The van der Waals surface area contributed by atoms with Crippen molar-refractivity contribution < 1.29 is 18.3 Å². The fourth-order valence-corrected chi connectivity index (χ4v) is 4.49. The molecule has 0 aliphatic heterocycles. The van der Waals surface area contributed by atoms with Crippen LogP contribution in [0.4, 0.5) is 11.4 Å². The number of aromatic amines is 1. The number of carbonyl (C=O) groups excluding carboxylic acids is 1. The van der Waals surface area contributed by atoms with Gasteiger partial charge in [0.05, 0.1) is 27.9 Å². The molecular formula is C23H18ClN5O4S. The Balaban J connectivity index is 0.00000274. The first-order valence-electron chi connectivity index (χ1n) is 9.85. The number of aromatic nitrogens is 3. The van der Waals surface area contributed by atoms with Crippen LogP contribution >= 0.6 is 12.4 Å². The number of sulfonamides is 1. The Hall–Kier alpha value is -4.15. The van der Waals surface area contributed by atoms with Gasteiger partial charge in [-0.15, -0.1) is 12.4 Å². The number of anilines is 2. The summed E-state index contributed by atoms with van der Waals surface area (Å²) in [6.45, 7) is 0. The molecule has 2 heterocycles. The van der Waals surface area contributed by atoms with Crippen LogP contribution in [0.1, 0.15) is 10.4 Å². The number of rotatable bonds is 5. The van der Waals surface area contributed by atoms with E-state index < -0.39 is 15.9 Å². The molecule has 0 aliphatic rings. The van der Waals surface area contributed by atoms with Gasteiger partial charge in [0.1, 0.15) is 5.52 Å². The summed E-state index contributed by atoms with van der Waals surface area (Å²) in [5.41, 5.74) is 1.86. The quantitative estimate of drug-likeness (QED) is 0.287. The number of nitrogens with one attached hydrogen (secondary N) is 3. The van der Waals surface area contributed by atoms with Gasteiger partial charge in [-0.1, -0.05) is 12.1 Å². The molecule has 0 unspecified atom stereocenters. The van der Waals surface area contributed by atoms with Crippen molar-refractivity contribution in [1.82, 2.24) is 15.2 Å². The van der Waals surface area contributed by atoms with Crippen molar-refractivity contribution in [1.29, 1.82) is 0 Å². The molecule has 0 saturated heterocycles. The minimum Gasteiger partial charge on any atom is -0.505 e. The summed E-state index contributed by atoms with van der Waals surface area (Å²) in [5.74, 6) is -0.759. The van der Waals surface area contributed by atoms with Gasteiger partial charge in [0.25, 0.3) is 15.9 Å². The number of phenols is 1. The zero-order valence-corrected chi connectivity index (χ0v) is 19.0. The number of benzene rings is 3. The first kappa shape index (κ1) is 23.0. The fraction of sp³-hybridized carbons (Fsp3) is 0. The number of aromatic hydroxyl groups is 1. The third-order valence-corrected chi connectivity index (χ3v) is 6.51. The van der Waals surface area contributed by atoms with Crippen molar-refractivity contribution >= 4 is 61.5 Å². The molecule has 1 amide bonds. The number of fused-ring (bicyclic) bond motifs is 2. The second-order valence-corrected chi connectivity index (χ2v) is 8.98. The van der Waals surface area contributed by atoms with Crippen LogP contribution in [0.5, 0.6) is 5.75 Å². The second-order valence-electron chi connectivity index (χ2n) is 7.29. The lowest BCUT2D eigenvalue weighted by Crippen LogP contribution is -2.14. The SMILES string of the molecule is Cl.O=C(Nc1ccc(S(=O)(=O)Nc2ccc3cn[nH]c3c2)cc1)c1ccc2cccnc2c1O. The lowest BCUT2D eigenvalue weighted by Gasteiger charge is -2.11. The van der Waals surface area contributed by atoms with Gasteiger partial charge < -0.3 is 10.4 Å². The molecule has 172 valence electrons. The van der Waals surface area contributed by atoms with Gasteiger partial charge in [-0.25, -0.2) is 8.42 Å². The van der Waals surface area contributed by atoms with Gasteiger partial charge in [0.15, 0.2) is 5.75 Å². The lowest BCUT2D eigenvalue weighted by molar-refractivity contribution is 0.102. The highest BCUT2D eigenvalue weighted by molar-refractivity contribution is 7.92. The topological polar surface area (TPSA) is 137 Å². The highest BCUT2D eigenvalue weighted by atomic mass is 35.5. The van der Waals surface area contributed by atoms with Crippen LogP contribution in [0, 0.1) is 0 Å². The fourth-order valence-electron chi connectivity index (χ4n) is 3.44. The van der Waals surface area contributed by atoms with E-state index in [9.17, 15) is 18.3 Å². The van der Waals surface area contributed by atoms with Crippen LogP contribution in [-0.2, 0) is 10.0 Å². The van der Waals surface area contributed by atoms with Crippen LogP contribution in [0.2, 0.25) is 0 Å². The third-order valence-electron chi connectivity index (χ3n) is 5.11. The monoisotopic (exact) mass is 495 g/mol. The van der Waals surface area contributed by atoms with E-state index in [0.29, 0.717) is 27.8 Å². The summed E-state index contributed by atoms with van der Waals surface area (Å²) >= 11 is 0. The Labute approximate surface area is 200 Å². The second kappa shape index (κ2) is 9.00. The van der Waals surface area contributed by atoms with E-state index >= 15 is 0 Å². The highest BCUT2D eigenvalue weighted by Crippen LogP contribution is 2.28. The maximum Gasteiger partial charge on any atom is 0.261 e. The number of H-pyrrole nitrogens is 1. The van der Waals surface area contributed by atoms with Gasteiger partial charge in [-0.3, -0.25) is 19.6 Å². The highest BCUT2D eigenvalue weighted by Gasteiger charge is 2.17. The van der Waals surface area contributed by atoms with Crippen molar-refractivity contribution in [3.63, 3.8) is 0 Å². The van der Waals surface area contributed by atoms with Crippen molar-refractivity contribution in [2.75, 3.05) is 10.0 Å². The van der Waals surface area contributed by atoms with E-state index in [1.807, 2.05) is 0 Å². The number of pyridine rings is 1. The molecule has 0 atom stereocenters. The molecule has 2 aromatic heterocycles. The molecule has 5 aromatic rings. The van der Waals surface area contributed by atoms with Crippen LogP contribution in [0.25, 0.3) is 21.8 Å². The Morgan fingerprint density at radius 3 is 2.47 bits per heavy atom. The number of amides is 1. The molecule has 5 rings (SSSR count). The maximum absolute atomic E-state index is 12.7. The normalized spacial score (nSPS) is 11.2. The molecule has 3 aromatic carbocycles. The number of nitrogens with zero attached hydrogens (tertiary/aromatic N) is 2. The first-order valence-corrected chi connectivity index (χ1v) is 11.3. The summed E-state index contributed by atoms with van der Waals surface area (Å²) in [6.07, 6.45) is 3.18. The van der Waals surface area contributed by atoms with Crippen LogP contribution in [0.3, 0.4) is 0 Å². The van der Waals surface area contributed by atoms with E-state index in [2.05, 4.69) is 25.2 Å². The third kappa shape index (κ3) is 4.36. The van der Waals surface area contributed by atoms with Gasteiger partial charge in [-0.2, -0.15) is 5.10 Å². The van der Waals surface area contributed by atoms with Crippen LogP contribution < -0.4 is 10.0 Å². The minimum absolute atomic E-state index is 0. The van der Waals surface area contributed by atoms with Crippen molar-refractivity contribution in [2.24, 2.45) is 0 Å². The summed E-state index contributed by atoms with van der Waals surface area (Å²) < 4.78 is 28.0.